The van der Waals surface area contributed by atoms with E-state index in [1.165, 1.54) is 6.33 Å². The summed E-state index contributed by atoms with van der Waals surface area (Å²) in [5, 5.41) is 0. The van der Waals surface area contributed by atoms with Crippen LogP contribution in [0, 0.1) is 0 Å². The van der Waals surface area contributed by atoms with Gasteiger partial charge in [-0.25, -0.2) is 9.97 Å². The Bertz CT molecular complexity index is 511. The van der Waals surface area contributed by atoms with Crippen molar-refractivity contribution >= 4 is 21.6 Å². The van der Waals surface area contributed by atoms with Gasteiger partial charge in [0, 0.05) is 28.0 Å². The Balaban J connectivity index is 2.24. The Morgan fingerprint density at radius 1 is 1.24 bits per heavy atom. The molecule has 1 aromatic heterocycles. The van der Waals surface area contributed by atoms with Gasteiger partial charge in [0.25, 0.3) is 0 Å². The predicted molar refractivity (Wildman–Crippen MR) is 70.0 cm³/mol. The maximum atomic E-state index is 5.73. The van der Waals surface area contributed by atoms with E-state index in [0.717, 1.165) is 16.6 Å². The van der Waals surface area contributed by atoms with Crippen LogP contribution in [0.5, 0.6) is 11.6 Å². The second-order valence-corrected chi connectivity index (χ2v) is 4.44. The standard InChI is InChI=1S/C12H12BrN3O/c1-2-10-6-12(16-7-15-10)17-11-4-8(13)3-9(14)5-11/h3-7H,2,14H2,1H3. The summed E-state index contributed by atoms with van der Waals surface area (Å²) in [4.78, 5) is 8.16. The van der Waals surface area contributed by atoms with Gasteiger partial charge in [-0.3, -0.25) is 0 Å². The number of aryl methyl sites for hydroxylation is 1. The van der Waals surface area contributed by atoms with Crippen molar-refractivity contribution in [2.24, 2.45) is 0 Å². The normalized spacial score (nSPS) is 10.2. The largest absolute Gasteiger partial charge is 0.439 e. The molecule has 2 rings (SSSR count). The molecule has 0 aliphatic heterocycles. The lowest BCUT2D eigenvalue weighted by Crippen LogP contribution is -1.93. The molecule has 0 fully saturated rings. The number of rotatable bonds is 3. The van der Waals surface area contributed by atoms with Crippen LogP contribution in [0.2, 0.25) is 0 Å². The second-order valence-electron chi connectivity index (χ2n) is 3.52. The number of nitrogen functional groups attached to an aromatic ring is 1. The quantitative estimate of drug-likeness (QED) is 0.883. The van der Waals surface area contributed by atoms with E-state index in [-0.39, 0.29) is 0 Å². The molecule has 0 radical (unpaired) electrons. The molecule has 0 amide bonds. The van der Waals surface area contributed by atoms with Crippen molar-refractivity contribution in [3.63, 3.8) is 0 Å². The maximum Gasteiger partial charge on any atom is 0.222 e. The molecule has 2 N–H and O–H groups in total. The van der Waals surface area contributed by atoms with Crippen LogP contribution in [0.4, 0.5) is 5.69 Å². The van der Waals surface area contributed by atoms with Gasteiger partial charge in [0.1, 0.15) is 12.1 Å². The summed E-state index contributed by atoms with van der Waals surface area (Å²) in [5.41, 5.74) is 7.31. The molecular weight excluding hydrogens is 282 g/mol. The topological polar surface area (TPSA) is 61.0 Å². The number of benzene rings is 1. The van der Waals surface area contributed by atoms with Crippen LogP contribution >= 0.6 is 15.9 Å². The number of ether oxygens (including phenoxy) is 1. The Morgan fingerprint density at radius 3 is 2.76 bits per heavy atom. The Morgan fingerprint density at radius 2 is 2.06 bits per heavy atom. The fourth-order valence-electron chi connectivity index (χ4n) is 1.39. The minimum Gasteiger partial charge on any atom is -0.439 e. The second kappa shape index (κ2) is 5.14. The highest BCUT2D eigenvalue weighted by Crippen LogP contribution is 2.26. The van der Waals surface area contributed by atoms with Crippen LogP contribution < -0.4 is 10.5 Å². The van der Waals surface area contributed by atoms with Crippen molar-refractivity contribution in [3.8, 4) is 11.6 Å². The molecule has 4 nitrogen and oxygen atoms in total. The third kappa shape index (κ3) is 3.17. The summed E-state index contributed by atoms with van der Waals surface area (Å²) in [6.45, 7) is 2.03. The molecular formula is C12H12BrN3O. The molecule has 0 bridgehead atoms. The summed E-state index contributed by atoms with van der Waals surface area (Å²) < 4.78 is 6.49. The molecule has 0 aliphatic rings. The highest BCUT2D eigenvalue weighted by atomic mass is 79.9. The molecule has 88 valence electrons. The average molecular weight is 294 g/mol. The van der Waals surface area contributed by atoms with Gasteiger partial charge in [-0.2, -0.15) is 0 Å². The van der Waals surface area contributed by atoms with Gasteiger partial charge in [-0.05, 0) is 18.6 Å². The van der Waals surface area contributed by atoms with E-state index in [2.05, 4.69) is 25.9 Å². The van der Waals surface area contributed by atoms with E-state index in [1.54, 1.807) is 6.07 Å². The van der Waals surface area contributed by atoms with Gasteiger partial charge in [-0.15, -0.1) is 0 Å². The van der Waals surface area contributed by atoms with Gasteiger partial charge in [-0.1, -0.05) is 22.9 Å². The van der Waals surface area contributed by atoms with Gasteiger partial charge in [0.15, 0.2) is 0 Å². The Hall–Kier alpha value is -1.62. The van der Waals surface area contributed by atoms with E-state index in [9.17, 15) is 0 Å². The van der Waals surface area contributed by atoms with Crippen molar-refractivity contribution in [2.45, 2.75) is 13.3 Å². The third-order valence-corrected chi connectivity index (χ3v) is 2.63. The zero-order chi connectivity index (χ0) is 12.3. The highest BCUT2D eigenvalue weighted by Gasteiger charge is 2.02. The number of halogens is 1. The van der Waals surface area contributed by atoms with E-state index in [1.807, 2.05) is 25.1 Å². The molecule has 0 spiro atoms. The van der Waals surface area contributed by atoms with Gasteiger partial charge in [0.05, 0.1) is 0 Å². The zero-order valence-corrected chi connectivity index (χ0v) is 10.9. The minimum absolute atomic E-state index is 0.523. The van der Waals surface area contributed by atoms with E-state index >= 15 is 0 Å². The predicted octanol–water partition coefficient (Wildman–Crippen LogP) is 3.18. The van der Waals surface area contributed by atoms with Crippen LogP contribution in [0.3, 0.4) is 0 Å². The lowest BCUT2D eigenvalue weighted by Gasteiger charge is -2.06. The van der Waals surface area contributed by atoms with Crippen molar-refractivity contribution in [1.82, 2.24) is 9.97 Å². The first-order valence-electron chi connectivity index (χ1n) is 5.22. The number of nitrogens with zero attached hydrogens (tertiary/aromatic N) is 2. The highest BCUT2D eigenvalue weighted by molar-refractivity contribution is 9.10. The molecule has 0 aliphatic carbocycles. The number of hydrogen-bond donors (Lipinski definition) is 1. The van der Waals surface area contributed by atoms with Gasteiger partial charge in [0.2, 0.25) is 5.88 Å². The molecule has 0 saturated heterocycles. The molecule has 2 aromatic rings. The summed E-state index contributed by atoms with van der Waals surface area (Å²) in [6, 6.07) is 7.21. The van der Waals surface area contributed by atoms with E-state index < -0.39 is 0 Å². The number of aromatic nitrogens is 2. The molecule has 1 heterocycles. The fourth-order valence-corrected chi connectivity index (χ4v) is 1.88. The van der Waals surface area contributed by atoms with Gasteiger partial charge >= 0.3 is 0 Å². The first-order chi connectivity index (χ1) is 8.17. The molecule has 5 heteroatoms. The molecule has 0 saturated carbocycles. The maximum absolute atomic E-state index is 5.73. The third-order valence-electron chi connectivity index (χ3n) is 2.18. The van der Waals surface area contributed by atoms with Crippen molar-refractivity contribution in [1.29, 1.82) is 0 Å². The average Bonchev–Trinajstić information content (AvgIpc) is 2.28. The minimum atomic E-state index is 0.523. The van der Waals surface area contributed by atoms with Crippen molar-refractivity contribution in [2.75, 3.05) is 5.73 Å². The lowest BCUT2D eigenvalue weighted by molar-refractivity contribution is 0.460. The first-order valence-corrected chi connectivity index (χ1v) is 6.01. The number of anilines is 1. The zero-order valence-electron chi connectivity index (χ0n) is 9.35. The van der Waals surface area contributed by atoms with E-state index in [0.29, 0.717) is 17.3 Å². The first kappa shape index (κ1) is 11.9. The van der Waals surface area contributed by atoms with Crippen molar-refractivity contribution in [3.05, 3.63) is 40.8 Å². The summed E-state index contributed by atoms with van der Waals surface area (Å²) in [7, 11) is 0. The Kier molecular flexibility index (Phi) is 3.58. The van der Waals surface area contributed by atoms with Crippen LogP contribution in [-0.4, -0.2) is 9.97 Å². The molecule has 1 aromatic carbocycles. The smallest absolute Gasteiger partial charge is 0.222 e. The summed E-state index contributed by atoms with van der Waals surface area (Å²) in [6.07, 6.45) is 2.34. The molecule has 17 heavy (non-hydrogen) atoms. The fraction of sp³-hybridized carbons (Fsp3) is 0.167. The summed E-state index contributed by atoms with van der Waals surface area (Å²) >= 11 is 3.36. The Labute approximate surface area is 108 Å². The van der Waals surface area contributed by atoms with Crippen LogP contribution in [0.1, 0.15) is 12.6 Å². The molecule has 0 atom stereocenters. The molecule has 0 unspecified atom stereocenters. The van der Waals surface area contributed by atoms with Crippen LogP contribution in [0.15, 0.2) is 35.1 Å². The monoisotopic (exact) mass is 293 g/mol. The number of hydrogen-bond acceptors (Lipinski definition) is 4. The van der Waals surface area contributed by atoms with Crippen LogP contribution in [0.25, 0.3) is 0 Å². The van der Waals surface area contributed by atoms with Crippen molar-refractivity contribution < 1.29 is 4.74 Å². The lowest BCUT2D eigenvalue weighted by atomic mass is 10.3. The SMILES string of the molecule is CCc1cc(Oc2cc(N)cc(Br)c2)ncn1. The van der Waals surface area contributed by atoms with Gasteiger partial charge < -0.3 is 10.5 Å². The van der Waals surface area contributed by atoms with E-state index in [4.69, 9.17) is 10.5 Å². The number of nitrogens with two attached hydrogens (primary N) is 1. The van der Waals surface area contributed by atoms with Crippen LogP contribution in [-0.2, 0) is 6.42 Å². The summed E-state index contributed by atoms with van der Waals surface area (Å²) in [5.74, 6) is 1.17.